The molecule has 5 heterocycles. The number of nitrogens with one attached hydrogen (secondary N) is 3. The van der Waals surface area contributed by atoms with Gasteiger partial charge in [0.05, 0.1) is 15.8 Å². The van der Waals surface area contributed by atoms with E-state index in [0.29, 0.717) is 29.1 Å². The third kappa shape index (κ3) is 3.78. The molecule has 1 aliphatic heterocycles. The van der Waals surface area contributed by atoms with Crippen LogP contribution in [-0.4, -0.2) is 39.1 Å². The van der Waals surface area contributed by atoms with Crippen LogP contribution < -0.4 is 16.0 Å². The van der Waals surface area contributed by atoms with Gasteiger partial charge in [0.2, 0.25) is 0 Å². The van der Waals surface area contributed by atoms with Gasteiger partial charge >= 0.3 is 0 Å². The molecule has 1 fully saturated rings. The van der Waals surface area contributed by atoms with Gasteiger partial charge in [0.25, 0.3) is 0 Å². The fourth-order valence-corrected chi connectivity index (χ4v) is 4.15. The number of thiophene rings is 1. The summed E-state index contributed by atoms with van der Waals surface area (Å²) >= 11 is 1.65. The van der Waals surface area contributed by atoms with E-state index < -0.39 is 0 Å². The van der Waals surface area contributed by atoms with Crippen molar-refractivity contribution in [3.63, 3.8) is 0 Å². The molecule has 0 radical (unpaired) electrons. The van der Waals surface area contributed by atoms with E-state index in [4.69, 9.17) is 15.2 Å². The highest BCUT2D eigenvalue weighted by molar-refractivity contribution is 7.17. The van der Waals surface area contributed by atoms with Crippen molar-refractivity contribution < 1.29 is 0 Å². The molecule has 30 heavy (non-hydrogen) atoms. The van der Waals surface area contributed by atoms with Crippen molar-refractivity contribution in [1.82, 2.24) is 25.3 Å². The van der Waals surface area contributed by atoms with Gasteiger partial charge in [-0.15, -0.1) is 11.3 Å². The van der Waals surface area contributed by atoms with Gasteiger partial charge in [-0.05, 0) is 48.7 Å². The molecule has 0 spiro atoms. The molecule has 1 saturated heterocycles. The smallest absolute Gasteiger partial charge is 0.162 e. The largest absolute Gasteiger partial charge is 0.365 e. The second kappa shape index (κ2) is 8.02. The normalized spacial score (nSPS) is 15.8. The monoisotopic (exact) mass is 414 g/mol. The highest BCUT2D eigenvalue weighted by Crippen LogP contribution is 2.30. The summed E-state index contributed by atoms with van der Waals surface area (Å²) in [6, 6.07) is 11.7. The molecule has 0 aromatic carbocycles. The van der Waals surface area contributed by atoms with Gasteiger partial charge in [-0.1, -0.05) is 0 Å². The average Bonchev–Trinajstić information content (AvgIpc) is 3.46. The lowest BCUT2D eigenvalue weighted by Crippen LogP contribution is -2.22. The Kier molecular flexibility index (Phi) is 4.93. The van der Waals surface area contributed by atoms with Gasteiger partial charge in [-0.3, -0.25) is 0 Å². The minimum Gasteiger partial charge on any atom is -0.365 e. The number of nitrogens with zero attached hydrogens (tertiary/aromatic N) is 5. The predicted molar refractivity (Wildman–Crippen MR) is 118 cm³/mol. The maximum absolute atomic E-state index is 8.91. The van der Waals surface area contributed by atoms with Crippen molar-refractivity contribution in [1.29, 1.82) is 5.26 Å². The molecule has 1 aliphatic rings. The molecular formula is C21H18N8S. The fourth-order valence-electron chi connectivity index (χ4n) is 3.36. The Labute approximate surface area is 177 Å². The summed E-state index contributed by atoms with van der Waals surface area (Å²) in [5, 5.41) is 21.1. The van der Waals surface area contributed by atoms with Crippen LogP contribution >= 0.6 is 11.3 Å². The van der Waals surface area contributed by atoms with Gasteiger partial charge in [0.1, 0.15) is 23.5 Å². The predicted octanol–water partition coefficient (Wildman–Crippen LogP) is 3.54. The van der Waals surface area contributed by atoms with Gasteiger partial charge in [-0.2, -0.15) is 5.26 Å². The van der Waals surface area contributed by atoms with Crippen LogP contribution in [-0.2, 0) is 0 Å². The molecule has 3 N–H and O–H groups in total. The molecule has 0 unspecified atom stereocenters. The lowest BCUT2D eigenvalue weighted by atomic mass is 10.2. The van der Waals surface area contributed by atoms with Crippen LogP contribution in [0.1, 0.15) is 12.0 Å². The number of fused-ring (bicyclic) bond motifs is 1. The topological polar surface area (TPSA) is 111 Å². The molecule has 5 rings (SSSR count). The lowest BCUT2D eigenvalue weighted by Gasteiger charge is -2.14. The number of nitriles is 1. The lowest BCUT2D eigenvalue weighted by molar-refractivity contribution is 0.789. The van der Waals surface area contributed by atoms with Crippen LogP contribution in [0.2, 0.25) is 0 Å². The molecule has 1 atom stereocenters. The van der Waals surface area contributed by atoms with Gasteiger partial charge < -0.3 is 16.0 Å². The Bertz CT molecular complexity index is 1220. The molecule has 9 heteroatoms. The van der Waals surface area contributed by atoms with Crippen LogP contribution in [0.4, 0.5) is 17.5 Å². The number of rotatable bonds is 5. The van der Waals surface area contributed by atoms with Gasteiger partial charge in [0, 0.05) is 30.5 Å². The summed E-state index contributed by atoms with van der Waals surface area (Å²) in [6.07, 6.45) is 4.32. The van der Waals surface area contributed by atoms with Crippen molar-refractivity contribution in [3.05, 3.63) is 53.7 Å². The van der Waals surface area contributed by atoms with E-state index >= 15 is 0 Å². The minimum atomic E-state index is 0.371. The first kappa shape index (κ1) is 18.4. The molecule has 4 aromatic rings. The van der Waals surface area contributed by atoms with E-state index in [1.165, 1.54) is 6.20 Å². The SMILES string of the molecule is N#Cc1ccc(Nc2cc(-c3nc(N[C@@H]4CCNC4)c4sccc4n3)ccn2)nc1. The molecule has 0 saturated carbocycles. The summed E-state index contributed by atoms with van der Waals surface area (Å²) in [4.78, 5) is 18.2. The summed E-state index contributed by atoms with van der Waals surface area (Å²) in [6.45, 7) is 1.96. The number of pyridine rings is 2. The van der Waals surface area contributed by atoms with Crippen molar-refractivity contribution in [2.45, 2.75) is 12.5 Å². The second-order valence-corrected chi connectivity index (χ2v) is 7.88. The number of hydrogen-bond acceptors (Lipinski definition) is 9. The highest BCUT2D eigenvalue weighted by Gasteiger charge is 2.18. The summed E-state index contributed by atoms with van der Waals surface area (Å²) in [5.41, 5.74) is 2.30. The van der Waals surface area contributed by atoms with Crippen molar-refractivity contribution in [3.8, 4) is 17.5 Å². The van der Waals surface area contributed by atoms with E-state index in [-0.39, 0.29) is 0 Å². The second-order valence-electron chi connectivity index (χ2n) is 6.96. The minimum absolute atomic E-state index is 0.371. The summed E-state index contributed by atoms with van der Waals surface area (Å²) in [7, 11) is 0. The zero-order valence-corrected chi connectivity index (χ0v) is 16.8. The molecule has 148 valence electrons. The number of anilines is 3. The number of aromatic nitrogens is 4. The van der Waals surface area contributed by atoms with Crippen LogP contribution in [0.15, 0.2) is 48.1 Å². The Morgan fingerprint density at radius 2 is 2.10 bits per heavy atom. The molecule has 8 nitrogen and oxygen atoms in total. The van der Waals surface area contributed by atoms with Crippen LogP contribution in [0.25, 0.3) is 21.6 Å². The van der Waals surface area contributed by atoms with Crippen molar-refractivity contribution >= 4 is 39.0 Å². The van der Waals surface area contributed by atoms with E-state index in [0.717, 1.165) is 41.1 Å². The van der Waals surface area contributed by atoms with Crippen LogP contribution in [0.5, 0.6) is 0 Å². The Balaban J connectivity index is 1.46. The highest BCUT2D eigenvalue weighted by atomic mass is 32.1. The Morgan fingerprint density at radius 3 is 2.90 bits per heavy atom. The zero-order chi connectivity index (χ0) is 20.3. The van der Waals surface area contributed by atoms with Crippen molar-refractivity contribution in [2.24, 2.45) is 0 Å². The third-order valence-corrected chi connectivity index (χ3v) is 5.78. The van der Waals surface area contributed by atoms with Crippen molar-refractivity contribution in [2.75, 3.05) is 23.7 Å². The van der Waals surface area contributed by atoms with E-state index in [1.54, 1.807) is 29.7 Å². The molecule has 0 amide bonds. The first-order valence-electron chi connectivity index (χ1n) is 9.60. The first-order valence-corrected chi connectivity index (χ1v) is 10.5. The summed E-state index contributed by atoms with van der Waals surface area (Å²) < 4.78 is 1.07. The Hall–Kier alpha value is -3.61. The standard InChI is InChI=1S/C21H18N8S/c22-10-13-1-2-17(25-11-13)28-18-9-14(3-7-24-18)20-27-16-5-8-30-19(16)21(29-20)26-15-4-6-23-12-15/h1-3,5,7-9,11,15,23H,4,6,12H2,(H,24,25,28)(H,26,27,29)/t15-/m1/s1. The van der Waals surface area contributed by atoms with Crippen LogP contribution in [0.3, 0.4) is 0 Å². The molecule has 0 aliphatic carbocycles. The van der Waals surface area contributed by atoms with Gasteiger partial charge in [0.15, 0.2) is 5.82 Å². The maximum Gasteiger partial charge on any atom is 0.162 e. The quantitative estimate of drug-likeness (QED) is 0.455. The van der Waals surface area contributed by atoms with E-state index in [1.807, 2.05) is 23.6 Å². The zero-order valence-electron chi connectivity index (χ0n) is 16.0. The van der Waals surface area contributed by atoms with Crippen LogP contribution in [0, 0.1) is 11.3 Å². The van der Waals surface area contributed by atoms with Gasteiger partial charge in [-0.25, -0.2) is 19.9 Å². The maximum atomic E-state index is 8.91. The Morgan fingerprint density at radius 1 is 1.13 bits per heavy atom. The molecule has 0 bridgehead atoms. The molecule has 4 aromatic heterocycles. The summed E-state index contributed by atoms with van der Waals surface area (Å²) in [5.74, 6) is 2.77. The van der Waals surface area contributed by atoms with E-state index in [2.05, 4.69) is 32.0 Å². The third-order valence-electron chi connectivity index (χ3n) is 4.87. The average molecular weight is 414 g/mol. The van der Waals surface area contributed by atoms with E-state index in [9.17, 15) is 0 Å². The number of hydrogen-bond donors (Lipinski definition) is 3. The fraction of sp³-hybridized carbons (Fsp3) is 0.190. The first-order chi connectivity index (χ1) is 14.8. The molecular weight excluding hydrogens is 396 g/mol.